The lowest BCUT2D eigenvalue weighted by Crippen LogP contribution is -2.16. The first-order chi connectivity index (χ1) is 9.93. The molecule has 0 aliphatic rings. The van der Waals surface area contributed by atoms with E-state index in [1.807, 2.05) is 0 Å². The maximum atomic E-state index is 12.8. The summed E-state index contributed by atoms with van der Waals surface area (Å²) in [5.41, 5.74) is 6.63. The highest BCUT2D eigenvalue weighted by molar-refractivity contribution is 9.10. The van der Waals surface area contributed by atoms with E-state index in [0.29, 0.717) is 21.5 Å². The summed E-state index contributed by atoms with van der Waals surface area (Å²) in [6, 6.07) is 3.37. The first-order valence-corrected chi connectivity index (χ1v) is 8.89. The molecule has 2 N–H and O–H groups in total. The van der Waals surface area contributed by atoms with Gasteiger partial charge < -0.3 is 24.3 Å². The van der Waals surface area contributed by atoms with Crippen LogP contribution in [0.5, 0.6) is 11.5 Å². The van der Waals surface area contributed by atoms with Crippen LogP contribution in [0.15, 0.2) is 16.6 Å². The molecule has 1 aromatic rings. The van der Waals surface area contributed by atoms with Crippen molar-refractivity contribution in [3.63, 3.8) is 0 Å². The molecule has 0 spiro atoms. The first-order valence-electron chi connectivity index (χ1n) is 6.49. The second-order valence-corrected chi connectivity index (χ2v) is 7.06. The van der Waals surface area contributed by atoms with Crippen LogP contribution in [-0.4, -0.2) is 27.4 Å². The van der Waals surface area contributed by atoms with E-state index in [0.717, 1.165) is 0 Å². The van der Waals surface area contributed by atoms with Crippen LogP contribution in [0.1, 0.15) is 25.2 Å². The first kappa shape index (κ1) is 18.5. The lowest BCUT2D eigenvalue weighted by molar-refractivity contribution is 0.212. The van der Waals surface area contributed by atoms with Gasteiger partial charge in [-0.05, 0) is 41.9 Å². The molecule has 21 heavy (non-hydrogen) atoms. The summed E-state index contributed by atoms with van der Waals surface area (Å²) < 4.78 is 34.6. The van der Waals surface area contributed by atoms with E-state index in [4.69, 9.17) is 24.3 Å². The SMILES string of the molecule is CCOP(=O)(OCC)[C@@H](N)c1cc(OC)c(Br)cc1OC. The number of nitrogens with two attached hydrogens (primary N) is 1. The molecule has 6 nitrogen and oxygen atoms in total. The Morgan fingerprint density at radius 2 is 1.67 bits per heavy atom. The lowest BCUT2D eigenvalue weighted by atomic mass is 10.2. The highest BCUT2D eigenvalue weighted by Crippen LogP contribution is 2.60. The fourth-order valence-corrected chi connectivity index (χ4v) is 3.99. The van der Waals surface area contributed by atoms with Gasteiger partial charge in [0.05, 0.1) is 31.9 Å². The van der Waals surface area contributed by atoms with Crippen LogP contribution < -0.4 is 15.2 Å². The summed E-state index contributed by atoms with van der Waals surface area (Å²) in [5, 5.41) is 0. The fourth-order valence-electron chi connectivity index (χ4n) is 1.84. The van der Waals surface area contributed by atoms with Gasteiger partial charge in [-0.1, -0.05) is 0 Å². The zero-order chi connectivity index (χ0) is 16.0. The fraction of sp³-hybridized carbons (Fsp3) is 0.538. The largest absolute Gasteiger partial charge is 0.496 e. The average molecular weight is 382 g/mol. The molecule has 0 bridgehead atoms. The Morgan fingerprint density at radius 1 is 1.14 bits per heavy atom. The Morgan fingerprint density at radius 3 is 2.10 bits per heavy atom. The summed E-state index contributed by atoms with van der Waals surface area (Å²) >= 11 is 3.37. The van der Waals surface area contributed by atoms with Crippen molar-refractivity contribution in [2.24, 2.45) is 5.73 Å². The second-order valence-electron chi connectivity index (χ2n) is 4.05. The Balaban J connectivity index is 3.32. The van der Waals surface area contributed by atoms with E-state index in [-0.39, 0.29) is 13.2 Å². The predicted molar refractivity (Wildman–Crippen MR) is 85.0 cm³/mol. The quantitative estimate of drug-likeness (QED) is 0.691. The Kier molecular flexibility index (Phi) is 7.16. The molecule has 0 radical (unpaired) electrons. The molecular formula is C13H21BrNO5P. The van der Waals surface area contributed by atoms with E-state index >= 15 is 0 Å². The molecule has 8 heteroatoms. The van der Waals surface area contributed by atoms with Crippen molar-refractivity contribution in [2.45, 2.75) is 19.6 Å². The molecule has 0 unspecified atom stereocenters. The van der Waals surface area contributed by atoms with Gasteiger partial charge >= 0.3 is 7.60 Å². The lowest BCUT2D eigenvalue weighted by Gasteiger charge is -2.25. The van der Waals surface area contributed by atoms with Crippen LogP contribution in [0.25, 0.3) is 0 Å². The van der Waals surface area contributed by atoms with Gasteiger partial charge in [-0.2, -0.15) is 0 Å². The van der Waals surface area contributed by atoms with Gasteiger partial charge in [0.25, 0.3) is 0 Å². The maximum Gasteiger partial charge on any atom is 0.351 e. The van der Waals surface area contributed by atoms with Crippen molar-refractivity contribution in [1.29, 1.82) is 0 Å². The number of hydrogen-bond donors (Lipinski definition) is 1. The average Bonchev–Trinajstić information content (AvgIpc) is 2.46. The molecule has 0 aromatic heterocycles. The van der Waals surface area contributed by atoms with Crippen LogP contribution in [0.2, 0.25) is 0 Å². The molecule has 1 atom stereocenters. The zero-order valence-corrected chi connectivity index (χ0v) is 15.1. The van der Waals surface area contributed by atoms with Gasteiger partial charge in [0.1, 0.15) is 17.3 Å². The van der Waals surface area contributed by atoms with Gasteiger partial charge in [0, 0.05) is 5.56 Å². The molecule has 0 heterocycles. The van der Waals surface area contributed by atoms with E-state index < -0.39 is 13.4 Å². The molecule has 1 rings (SSSR count). The summed E-state index contributed by atoms with van der Waals surface area (Å²) in [6.07, 6.45) is 0. The van der Waals surface area contributed by atoms with Gasteiger partial charge in [-0.15, -0.1) is 0 Å². The molecule has 120 valence electrons. The molecule has 0 amide bonds. The molecule has 1 aromatic carbocycles. The molecule has 0 saturated carbocycles. The minimum atomic E-state index is -3.49. The summed E-state index contributed by atoms with van der Waals surface area (Å²) in [5.74, 6) is 0.0740. The van der Waals surface area contributed by atoms with Crippen molar-refractivity contribution >= 4 is 23.5 Å². The van der Waals surface area contributed by atoms with Crippen LogP contribution in [0, 0.1) is 0 Å². The van der Waals surface area contributed by atoms with Crippen molar-refractivity contribution < 1.29 is 23.1 Å². The molecule has 0 saturated heterocycles. The number of halogens is 1. The van der Waals surface area contributed by atoms with Gasteiger partial charge in [-0.25, -0.2) is 0 Å². The number of methoxy groups -OCH3 is 2. The number of rotatable bonds is 8. The predicted octanol–water partition coefficient (Wildman–Crippen LogP) is 3.69. The number of hydrogen-bond acceptors (Lipinski definition) is 6. The van der Waals surface area contributed by atoms with Crippen molar-refractivity contribution in [1.82, 2.24) is 0 Å². The summed E-state index contributed by atoms with van der Waals surface area (Å²) in [7, 11) is -0.446. The van der Waals surface area contributed by atoms with Crippen molar-refractivity contribution in [3.05, 3.63) is 22.2 Å². The van der Waals surface area contributed by atoms with Crippen LogP contribution in [0.3, 0.4) is 0 Å². The van der Waals surface area contributed by atoms with Crippen LogP contribution >= 0.6 is 23.5 Å². The monoisotopic (exact) mass is 381 g/mol. The Hall–Kier alpha value is -0.590. The van der Waals surface area contributed by atoms with Crippen LogP contribution in [-0.2, 0) is 13.6 Å². The number of ether oxygens (including phenoxy) is 2. The molecule has 0 fully saturated rings. The third-order valence-electron chi connectivity index (χ3n) is 2.78. The third kappa shape index (κ3) is 4.20. The van der Waals surface area contributed by atoms with Crippen molar-refractivity contribution in [2.75, 3.05) is 27.4 Å². The van der Waals surface area contributed by atoms with Gasteiger partial charge in [-0.3, -0.25) is 4.57 Å². The van der Waals surface area contributed by atoms with Gasteiger partial charge in [0.2, 0.25) is 0 Å². The smallest absolute Gasteiger partial charge is 0.351 e. The third-order valence-corrected chi connectivity index (χ3v) is 5.60. The van der Waals surface area contributed by atoms with Crippen molar-refractivity contribution in [3.8, 4) is 11.5 Å². The molecule has 0 aliphatic heterocycles. The van der Waals surface area contributed by atoms with E-state index in [2.05, 4.69) is 15.9 Å². The standard InChI is InChI=1S/C13H21BrNO5P/c1-5-19-21(16,20-6-2)13(15)9-7-12(18-4)10(14)8-11(9)17-3/h7-8,13H,5-6,15H2,1-4H3/t13-/m1/s1. The minimum absolute atomic E-state index is 0.237. The molecular weight excluding hydrogens is 361 g/mol. The summed E-state index contributed by atoms with van der Waals surface area (Å²) in [6.45, 7) is 3.94. The highest BCUT2D eigenvalue weighted by Gasteiger charge is 2.36. The van der Waals surface area contributed by atoms with E-state index in [1.54, 1.807) is 26.0 Å². The van der Waals surface area contributed by atoms with Crippen LogP contribution in [0.4, 0.5) is 0 Å². The van der Waals surface area contributed by atoms with E-state index in [1.165, 1.54) is 14.2 Å². The molecule has 0 aliphatic carbocycles. The van der Waals surface area contributed by atoms with E-state index in [9.17, 15) is 4.57 Å². The zero-order valence-electron chi connectivity index (χ0n) is 12.6. The minimum Gasteiger partial charge on any atom is -0.496 e. The normalized spacial score (nSPS) is 13.0. The Bertz CT molecular complexity index is 516. The Labute approximate surface area is 133 Å². The topological polar surface area (TPSA) is 80.0 Å². The second kappa shape index (κ2) is 8.15. The highest BCUT2D eigenvalue weighted by atomic mass is 79.9. The maximum absolute atomic E-state index is 12.8. The van der Waals surface area contributed by atoms with Gasteiger partial charge in [0.15, 0.2) is 0 Å². The number of benzene rings is 1. The summed E-state index contributed by atoms with van der Waals surface area (Å²) in [4.78, 5) is 0.